The van der Waals surface area contributed by atoms with E-state index in [2.05, 4.69) is 9.80 Å². The van der Waals surface area contributed by atoms with E-state index in [0.717, 1.165) is 56.8 Å². The van der Waals surface area contributed by atoms with E-state index in [1.165, 1.54) is 12.5 Å². The lowest BCUT2D eigenvalue weighted by Crippen LogP contribution is -2.30. The van der Waals surface area contributed by atoms with E-state index >= 15 is 0 Å². The van der Waals surface area contributed by atoms with Crippen molar-refractivity contribution < 1.29 is 16.8 Å². The van der Waals surface area contributed by atoms with Gasteiger partial charge in [0, 0.05) is 38.7 Å². The number of rotatable bonds is 6. The van der Waals surface area contributed by atoms with Crippen LogP contribution in [0.5, 0.6) is 0 Å². The molecule has 2 aromatic rings. The van der Waals surface area contributed by atoms with E-state index in [0.29, 0.717) is 9.79 Å². The van der Waals surface area contributed by atoms with Gasteiger partial charge in [-0.3, -0.25) is 9.80 Å². The maximum absolute atomic E-state index is 11.6. The number of hydrogen-bond donors (Lipinski definition) is 0. The Hall–Kier alpha value is -1.74. The van der Waals surface area contributed by atoms with Crippen molar-refractivity contribution >= 4 is 19.7 Å². The van der Waals surface area contributed by atoms with Crippen LogP contribution in [0.15, 0.2) is 58.3 Å². The quantitative estimate of drug-likeness (QED) is 0.691. The zero-order chi connectivity index (χ0) is 21.1. The molecule has 0 radical (unpaired) electrons. The van der Waals surface area contributed by atoms with Gasteiger partial charge in [-0.1, -0.05) is 24.3 Å². The second-order valence-electron chi connectivity index (χ2n) is 7.74. The maximum Gasteiger partial charge on any atom is 0.175 e. The van der Waals surface area contributed by atoms with E-state index in [4.69, 9.17) is 0 Å². The minimum absolute atomic E-state index is 0.352. The minimum atomic E-state index is -3.16. The van der Waals surface area contributed by atoms with E-state index < -0.39 is 19.7 Å². The molecule has 1 saturated heterocycles. The maximum atomic E-state index is 11.6. The van der Waals surface area contributed by atoms with Crippen molar-refractivity contribution in [2.75, 3.05) is 38.7 Å². The van der Waals surface area contributed by atoms with E-state index in [-0.39, 0.29) is 0 Å². The van der Waals surface area contributed by atoms with Crippen molar-refractivity contribution in [2.24, 2.45) is 0 Å². The Morgan fingerprint density at radius 3 is 1.28 bits per heavy atom. The highest BCUT2D eigenvalue weighted by Crippen LogP contribution is 2.16. The van der Waals surface area contributed by atoms with Crippen LogP contribution in [0.4, 0.5) is 0 Å². The topological polar surface area (TPSA) is 74.8 Å². The summed E-state index contributed by atoms with van der Waals surface area (Å²) in [5.74, 6) is 0. The summed E-state index contributed by atoms with van der Waals surface area (Å²) in [4.78, 5) is 5.49. The molecule has 0 N–H and O–H groups in total. The zero-order valence-electron chi connectivity index (χ0n) is 16.9. The monoisotopic (exact) mass is 436 g/mol. The lowest BCUT2D eigenvalue weighted by molar-refractivity contribution is 0.247. The van der Waals surface area contributed by atoms with Crippen molar-refractivity contribution in [3.05, 3.63) is 59.7 Å². The smallest absolute Gasteiger partial charge is 0.175 e. The minimum Gasteiger partial charge on any atom is -0.298 e. The molecule has 158 valence electrons. The van der Waals surface area contributed by atoms with Gasteiger partial charge in [-0.15, -0.1) is 0 Å². The van der Waals surface area contributed by atoms with Crippen LogP contribution >= 0.6 is 0 Å². The van der Waals surface area contributed by atoms with Crippen LogP contribution in [0, 0.1) is 0 Å². The second-order valence-corrected chi connectivity index (χ2v) is 11.8. The third-order valence-corrected chi connectivity index (χ3v) is 7.45. The molecule has 0 aliphatic carbocycles. The summed E-state index contributed by atoms with van der Waals surface area (Å²) >= 11 is 0. The number of benzene rings is 2. The molecule has 0 aromatic heterocycles. The van der Waals surface area contributed by atoms with E-state index in [9.17, 15) is 16.8 Å². The van der Waals surface area contributed by atoms with Crippen LogP contribution < -0.4 is 0 Å². The average Bonchev–Trinajstić information content (AvgIpc) is 2.86. The molecule has 0 bridgehead atoms. The van der Waals surface area contributed by atoms with Crippen LogP contribution in [-0.2, 0) is 32.8 Å². The Kier molecular flexibility index (Phi) is 6.78. The Bertz CT molecular complexity index is 946. The van der Waals surface area contributed by atoms with Crippen LogP contribution in [0.2, 0.25) is 0 Å². The molecule has 3 rings (SSSR count). The summed E-state index contributed by atoms with van der Waals surface area (Å²) in [5.41, 5.74) is 2.23. The van der Waals surface area contributed by atoms with Gasteiger partial charge in [0.05, 0.1) is 9.79 Å². The summed E-state index contributed by atoms with van der Waals surface area (Å²) in [6.07, 6.45) is 3.50. The lowest BCUT2D eigenvalue weighted by Gasteiger charge is -2.22. The van der Waals surface area contributed by atoms with Gasteiger partial charge in [-0.2, -0.15) is 0 Å². The molecule has 0 unspecified atom stereocenters. The standard InChI is InChI=1S/C21H28N2O4S2/c1-28(24,25)20-8-4-18(5-9-20)16-22-12-3-13-23(15-14-22)17-19-6-10-21(11-7-19)29(2,26)27/h4-11H,3,12-17H2,1-2H3. The molecule has 1 fully saturated rings. The fourth-order valence-electron chi connectivity index (χ4n) is 3.54. The summed E-state index contributed by atoms with van der Waals surface area (Å²) in [5, 5.41) is 0. The van der Waals surface area contributed by atoms with Crippen LogP contribution in [0.25, 0.3) is 0 Å². The Morgan fingerprint density at radius 2 is 0.966 bits per heavy atom. The lowest BCUT2D eigenvalue weighted by atomic mass is 10.2. The highest BCUT2D eigenvalue weighted by atomic mass is 32.2. The molecular weight excluding hydrogens is 408 g/mol. The third kappa shape index (κ3) is 6.37. The first-order valence-electron chi connectivity index (χ1n) is 9.64. The molecular formula is C21H28N2O4S2. The first kappa shape index (κ1) is 22.0. The molecule has 8 heteroatoms. The Morgan fingerprint density at radius 1 is 0.621 bits per heavy atom. The molecule has 6 nitrogen and oxygen atoms in total. The highest BCUT2D eigenvalue weighted by Gasteiger charge is 2.16. The van der Waals surface area contributed by atoms with Gasteiger partial charge in [-0.05, 0) is 54.9 Å². The molecule has 29 heavy (non-hydrogen) atoms. The predicted octanol–water partition coefficient (Wildman–Crippen LogP) is 2.20. The molecule has 0 spiro atoms. The van der Waals surface area contributed by atoms with Gasteiger partial charge in [0.2, 0.25) is 0 Å². The largest absolute Gasteiger partial charge is 0.298 e. The van der Waals surface area contributed by atoms with Crippen molar-refractivity contribution in [1.29, 1.82) is 0 Å². The first-order valence-corrected chi connectivity index (χ1v) is 13.4. The van der Waals surface area contributed by atoms with Gasteiger partial charge in [0.25, 0.3) is 0 Å². The van der Waals surface area contributed by atoms with Crippen molar-refractivity contribution in [3.63, 3.8) is 0 Å². The van der Waals surface area contributed by atoms with Gasteiger partial charge in [0.15, 0.2) is 19.7 Å². The van der Waals surface area contributed by atoms with Crippen molar-refractivity contribution in [3.8, 4) is 0 Å². The van der Waals surface area contributed by atoms with Gasteiger partial charge in [-0.25, -0.2) is 16.8 Å². The van der Waals surface area contributed by atoms with Crippen LogP contribution in [0.3, 0.4) is 0 Å². The molecule has 1 heterocycles. The highest BCUT2D eigenvalue weighted by molar-refractivity contribution is 7.91. The van der Waals surface area contributed by atoms with Gasteiger partial charge in [0.1, 0.15) is 0 Å². The SMILES string of the molecule is CS(=O)(=O)c1ccc(CN2CCCN(Cc3ccc(S(C)(=O)=O)cc3)CC2)cc1. The predicted molar refractivity (Wildman–Crippen MR) is 114 cm³/mol. The number of hydrogen-bond acceptors (Lipinski definition) is 6. The number of nitrogens with zero attached hydrogens (tertiary/aromatic N) is 2. The fourth-order valence-corrected chi connectivity index (χ4v) is 4.80. The fraction of sp³-hybridized carbons (Fsp3) is 0.429. The molecule has 2 aromatic carbocycles. The van der Waals surface area contributed by atoms with E-state index in [1.54, 1.807) is 24.3 Å². The average molecular weight is 437 g/mol. The second kappa shape index (κ2) is 8.95. The number of sulfone groups is 2. The Labute approximate surface area is 174 Å². The summed E-state index contributed by atoms with van der Waals surface area (Å²) in [7, 11) is -6.32. The summed E-state index contributed by atoms with van der Waals surface area (Å²) in [6, 6.07) is 14.3. The molecule has 0 amide bonds. The Balaban J connectivity index is 1.55. The van der Waals surface area contributed by atoms with E-state index in [1.807, 2.05) is 24.3 Å². The van der Waals surface area contributed by atoms with Crippen LogP contribution in [-0.4, -0.2) is 65.3 Å². The molecule has 0 saturated carbocycles. The molecule has 1 aliphatic rings. The van der Waals surface area contributed by atoms with Gasteiger partial charge >= 0.3 is 0 Å². The third-order valence-electron chi connectivity index (χ3n) is 5.20. The van der Waals surface area contributed by atoms with Crippen molar-refractivity contribution in [1.82, 2.24) is 9.80 Å². The van der Waals surface area contributed by atoms with Gasteiger partial charge < -0.3 is 0 Å². The first-order chi connectivity index (χ1) is 13.6. The van der Waals surface area contributed by atoms with Crippen molar-refractivity contribution in [2.45, 2.75) is 29.3 Å². The molecule has 1 aliphatic heterocycles. The summed E-state index contributed by atoms with van der Waals surface area (Å²) in [6.45, 7) is 5.49. The summed E-state index contributed by atoms with van der Waals surface area (Å²) < 4.78 is 46.4. The van der Waals surface area contributed by atoms with Crippen LogP contribution in [0.1, 0.15) is 17.5 Å². The normalized spacial score (nSPS) is 17.2. The zero-order valence-corrected chi connectivity index (χ0v) is 18.5. The molecule has 0 atom stereocenters.